The fourth-order valence-corrected chi connectivity index (χ4v) is 5.41. The second-order valence-electron chi connectivity index (χ2n) is 7.47. The summed E-state index contributed by atoms with van der Waals surface area (Å²) in [4.78, 5) is 4.53. The Morgan fingerprint density at radius 2 is 1.72 bits per heavy atom. The number of hydrogen-bond acceptors (Lipinski definition) is 4. The number of para-hydroxylation sites is 1. The van der Waals surface area contributed by atoms with Crippen LogP contribution in [0.4, 0.5) is 10.1 Å². The van der Waals surface area contributed by atoms with Crippen LogP contribution in [0.15, 0.2) is 65.7 Å². The maximum absolute atomic E-state index is 14.1. The van der Waals surface area contributed by atoms with Crippen molar-refractivity contribution >= 4 is 25.8 Å². The van der Waals surface area contributed by atoms with Gasteiger partial charge in [-0.25, -0.2) is 4.39 Å². The van der Waals surface area contributed by atoms with Crippen LogP contribution in [0.2, 0.25) is 0 Å². The van der Waals surface area contributed by atoms with Crippen LogP contribution in [-0.2, 0) is 5.16 Å². The molecule has 0 saturated heterocycles. The average Bonchev–Trinajstić information content (AvgIpc) is 2.83. The largest absolute Gasteiger partial charge is 0.504 e. The van der Waals surface area contributed by atoms with Crippen LogP contribution in [0, 0.1) is 5.82 Å². The minimum atomic E-state index is -0.376. The van der Waals surface area contributed by atoms with Gasteiger partial charge in [-0.05, 0) is 48.5 Å². The number of aromatic hydroxyl groups is 1. The summed E-state index contributed by atoms with van der Waals surface area (Å²) < 4.78 is 25.0. The molecule has 0 bridgehead atoms. The van der Waals surface area contributed by atoms with Crippen molar-refractivity contribution in [3.63, 3.8) is 0 Å². The minimum Gasteiger partial charge on any atom is -0.504 e. The van der Waals surface area contributed by atoms with Gasteiger partial charge in [0.1, 0.15) is 11.6 Å². The van der Waals surface area contributed by atoms with Gasteiger partial charge in [0.15, 0.2) is 11.5 Å². The van der Waals surface area contributed by atoms with Crippen molar-refractivity contribution < 1.29 is 19.0 Å². The Hall–Kier alpha value is -2.91. The molecule has 0 saturated carbocycles. The number of ether oxygens (including phenoxy) is 2. The van der Waals surface area contributed by atoms with E-state index in [2.05, 4.69) is 18.8 Å². The van der Waals surface area contributed by atoms with Gasteiger partial charge in [0, 0.05) is 28.6 Å². The summed E-state index contributed by atoms with van der Waals surface area (Å²) in [5, 5.41) is 11.6. The molecule has 0 aliphatic heterocycles. The molecule has 4 nitrogen and oxygen atoms in total. The zero-order valence-corrected chi connectivity index (χ0v) is 19.9. The van der Waals surface area contributed by atoms with E-state index < -0.39 is 0 Å². The number of benzene rings is 3. The monoisotopic (exact) mass is 453 g/mol. The predicted molar refractivity (Wildman–Crippen MR) is 132 cm³/mol. The molecular formula is C26H29FNO3P. The van der Waals surface area contributed by atoms with Gasteiger partial charge >= 0.3 is 0 Å². The number of nitrogens with zero attached hydrogens (tertiary/aromatic N) is 1. The van der Waals surface area contributed by atoms with E-state index in [0.29, 0.717) is 11.5 Å². The van der Waals surface area contributed by atoms with Crippen LogP contribution in [-0.4, -0.2) is 25.5 Å². The van der Waals surface area contributed by atoms with E-state index in [4.69, 9.17) is 9.47 Å². The maximum Gasteiger partial charge on any atom is 0.164 e. The molecule has 0 spiro atoms. The molecule has 0 heterocycles. The van der Waals surface area contributed by atoms with Gasteiger partial charge in [0.2, 0.25) is 0 Å². The van der Waals surface area contributed by atoms with E-state index in [1.807, 2.05) is 42.5 Å². The van der Waals surface area contributed by atoms with Gasteiger partial charge < -0.3 is 14.6 Å². The van der Waals surface area contributed by atoms with Gasteiger partial charge in [0.05, 0.1) is 19.9 Å². The topological polar surface area (TPSA) is 51.0 Å². The van der Waals surface area contributed by atoms with Crippen molar-refractivity contribution in [1.29, 1.82) is 0 Å². The number of rotatable bonds is 9. The van der Waals surface area contributed by atoms with Crippen molar-refractivity contribution in [3.05, 3.63) is 77.6 Å². The third kappa shape index (κ3) is 5.11. The van der Waals surface area contributed by atoms with Gasteiger partial charge in [-0.15, -0.1) is 0 Å². The zero-order chi connectivity index (χ0) is 23.1. The normalized spacial score (nSPS) is 12.0. The average molecular weight is 453 g/mol. The zero-order valence-electron chi connectivity index (χ0n) is 18.9. The van der Waals surface area contributed by atoms with E-state index in [0.717, 1.165) is 35.0 Å². The molecule has 1 N–H and O–H groups in total. The van der Waals surface area contributed by atoms with Crippen LogP contribution in [0.25, 0.3) is 0 Å². The Bertz CT molecular complexity index is 1080. The third-order valence-electron chi connectivity index (χ3n) is 5.72. The second kappa shape index (κ2) is 10.6. The molecule has 6 heteroatoms. The first-order valence-electron chi connectivity index (χ1n) is 10.6. The van der Waals surface area contributed by atoms with Crippen LogP contribution in [0.3, 0.4) is 0 Å². The van der Waals surface area contributed by atoms with Crippen molar-refractivity contribution in [2.24, 2.45) is 4.99 Å². The molecule has 32 heavy (non-hydrogen) atoms. The fraction of sp³-hybridized carbons (Fsp3) is 0.269. The smallest absolute Gasteiger partial charge is 0.164 e. The van der Waals surface area contributed by atoms with Crippen LogP contribution in [0.5, 0.6) is 17.2 Å². The summed E-state index contributed by atoms with van der Waals surface area (Å²) in [5.74, 6) is 0.805. The maximum atomic E-state index is 14.1. The van der Waals surface area contributed by atoms with Crippen molar-refractivity contribution in [3.8, 4) is 17.2 Å². The lowest BCUT2D eigenvalue weighted by molar-refractivity contribution is 0.355. The summed E-state index contributed by atoms with van der Waals surface area (Å²) >= 11 is 0. The van der Waals surface area contributed by atoms with Crippen LogP contribution in [0.1, 0.15) is 37.8 Å². The van der Waals surface area contributed by atoms with Crippen molar-refractivity contribution in [1.82, 2.24) is 0 Å². The lowest BCUT2D eigenvalue weighted by atomic mass is 9.91. The molecule has 168 valence electrons. The molecular weight excluding hydrogens is 424 g/mol. The molecule has 1 unspecified atom stereocenters. The highest BCUT2D eigenvalue weighted by Crippen LogP contribution is 2.53. The molecule has 0 radical (unpaired) electrons. The van der Waals surface area contributed by atoms with Crippen LogP contribution >= 0.6 is 8.58 Å². The Balaban J connectivity index is 2.08. The first-order chi connectivity index (χ1) is 15.5. The van der Waals surface area contributed by atoms with Crippen LogP contribution < -0.4 is 14.8 Å². The summed E-state index contributed by atoms with van der Waals surface area (Å²) in [6, 6.07) is 17.9. The molecule has 0 aliphatic carbocycles. The SMILES string of the molecule is CCC(CC)(Pc1ccc(F)cc1/C=N/c1ccccc1)c1cc(OC)cc(OC)c1O. The molecule has 0 amide bonds. The molecule has 1 atom stereocenters. The fourth-order valence-electron chi connectivity index (χ4n) is 3.77. The molecule has 0 fully saturated rings. The number of methoxy groups -OCH3 is 2. The van der Waals surface area contributed by atoms with Crippen molar-refractivity contribution in [2.45, 2.75) is 31.8 Å². The van der Waals surface area contributed by atoms with Gasteiger partial charge in [-0.1, -0.05) is 46.7 Å². The quantitative estimate of drug-likeness (QED) is 0.305. The summed E-state index contributed by atoms with van der Waals surface area (Å²) in [7, 11) is 3.39. The van der Waals surface area contributed by atoms with Gasteiger partial charge in [0.25, 0.3) is 0 Å². The highest BCUT2D eigenvalue weighted by Gasteiger charge is 2.34. The molecule has 0 aromatic heterocycles. The van der Waals surface area contributed by atoms with E-state index in [1.54, 1.807) is 19.4 Å². The highest BCUT2D eigenvalue weighted by atomic mass is 31.1. The van der Waals surface area contributed by atoms with Gasteiger partial charge in [-0.3, -0.25) is 4.99 Å². The summed E-state index contributed by atoms with van der Waals surface area (Å²) in [6.45, 7) is 4.20. The summed E-state index contributed by atoms with van der Waals surface area (Å²) in [5.41, 5.74) is 2.30. The lowest BCUT2D eigenvalue weighted by Gasteiger charge is -2.34. The summed E-state index contributed by atoms with van der Waals surface area (Å²) in [6.07, 6.45) is 3.26. The Kier molecular flexibility index (Phi) is 7.87. The molecule has 3 aromatic rings. The number of phenolic OH excluding ortho intramolecular Hbond substituents is 1. The first-order valence-corrected chi connectivity index (χ1v) is 11.6. The number of phenols is 1. The predicted octanol–water partition coefficient (Wildman–Crippen LogP) is 6.32. The number of halogens is 1. The highest BCUT2D eigenvalue weighted by molar-refractivity contribution is 7.48. The van der Waals surface area contributed by atoms with Gasteiger partial charge in [-0.2, -0.15) is 0 Å². The molecule has 3 rings (SSSR count). The molecule has 3 aromatic carbocycles. The number of aliphatic imine (C=N–C) groups is 1. The number of hydrogen-bond donors (Lipinski definition) is 1. The Morgan fingerprint density at radius 3 is 2.34 bits per heavy atom. The van der Waals surface area contributed by atoms with E-state index in [-0.39, 0.29) is 25.3 Å². The van der Waals surface area contributed by atoms with E-state index >= 15 is 0 Å². The first kappa shape index (κ1) is 23.7. The Labute approximate surface area is 190 Å². The standard InChI is InChI=1S/C26H29FNO3P/c1-5-26(6-2,22-15-21(30-3)16-23(31-4)25(22)29)32-24-13-12-19(27)14-18(24)17-28-20-10-8-7-9-11-20/h7-17,29,32H,5-6H2,1-4H3/b28-17+. The third-order valence-corrected chi connectivity index (χ3v) is 7.90. The molecule has 0 aliphatic rings. The van der Waals surface area contributed by atoms with E-state index in [1.165, 1.54) is 19.2 Å². The Morgan fingerprint density at radius 1 is 1.00 bits per heavy atom. The lowest BCUT2D eigenvalue weighted by Crippen LogP contribution is -2.23. The van der Waals surface area contributed by atoms with E-state index in [9.17, 15) is 9.50 Å². The minimum absolute atomic E-state index is 0.117. The van der Waals surface area contributed by atoms with Crippen molar-refractivity contribution in [2.75, 3.05) is 14.2 Å². The second-order valence-corrected chi connectivity index (χ2v) is 9.21.